The molecule has 0 spiro atoms. The first-order valence-electron chi connectivity index (χ1n) is 5.80. The molecule has 108 valence electrons. The van der Waals surface area contributed by atoms with Crippen molar-refractivity contribution in [2.24, 2.45) is 0 Å². The first-order chi connectivity index (χ1) is 9.99. The van der Waals surface area contributed by atoms with Gasteiger partial charge in [0, 0.05) is 5.56 Å². The highest BCUT2D eigenvalue weighted by molar-refractivity contribution is 6.07. The molecule has 0 radical (unpaired) electrons. The maximum absolute atomic E-state index is 13.3. The van der Waals surface area contributed by atoms with Crippen molar-refractivity contribution in [2.45, 2.75) is 0 Å². The van der Waals surface area contributed by atoms with E-state index < -0.39 is 35.1 Å². The second kappa shape index (κ2) is 6.08. The summed E-state index contributed by atoms with van der Waals surface area (Å²) in [6, 6.07) is 8.28. The number of benzene rings is 2. The number of rotatable bonds is 2. The molecule has 0 aliphatic rings. The maximum Gasteiger partial charge on any atom is 0.326 e. The standard InChI is InChI=1S/C14H9F3N2O2/c15-9-6-7-10(12(17)11(9)16)18-14(21)19-13(20)8-4-2-1-3-5-8/h1-7H,(H2,18,19,20,21). The minimum Gasteiger partial charge on any atom is -0.305 e. The monoisotopic (exact) mass is 294 g/mol. The van der Waals surface area contributed by atoms with Crippen LogP contribution in [-0.4, -0.2) is 11.9 Å². The van der Waals surface area contributed by atoms with Gasteiger partial charge in [-0.25, -0.2) is 18.0 Å². The van der Waals surface area contributed by atoms with Gasteiger partial charge in [0.1, 0.15) is 0 Å². The van der Waals surface area contributed by atoms with Gasteiger partial charge in [0.25, 0.3) is 5.91 Å². The summed E-state index contributed by atoms with van der Waals surface area (Å²) >= 11 is 0. The smallest absolute Gasteiger partial charge is 0.305 e. The van der Waals surface area contributed by atoms with E-state index in [1.54, 1.807) is 18.2 Å². The zero-order valence-electron chi connectivity index (χ0n) is 10.5. The Morgan fingerprint density at radius 2 is 1.52 bits per heavy atom. The number of hydrogen-bond acceptors (Lipinski definition) is 2. The Balaban J connectivity index is 2.06. The van der Waals surface area contributed by atoms with Gasteiger partial charge < -0.3 is 5.32 Å². The lowest BCUT2D eigenvalue weighted by atomic mass is 10.2. The van der Waals surface area contributed by atoms with Gasteiger partial charge in [0.2, 0.25) is 0 Å². The Morgan fingerprint density at radius 1 is 0.857 bits per heavy atom. The minimum atomic E-state index is -1.71. The van der Waals surface area contributed by atoms with Gasteiger partial charge in [-0.15, -0.1) is 0 Å². The van der Waals surface area contributed by atoms with E-state index >= 15 is 0 Å². The van der Waals surface area contributed by atoms with Crippen LogP contribution in [0.1, 0.15) is 10.4 Å². The molecule has 2 aromatic rings. The Bertz CT molecular complexity index is 690. The first-order valence-corrected chi connectivity index (χ1v) is 5.80. The Morgan fingerprint density at radius 3 is 2.19 bits per heavy atom. The predicted octanol–water partition coefficient (Wildman–Crippen LogP) is 3.07. The number of hydrogen-bond donors (Lipinski definition) is 2. The van der Waals surface area contributed by atoms with E-state index in [-0.39, 0.29) is 5.56 Å². The van der Waals surface area contributed by atoms with Crippen molar-refractivity contribution in [1.29, 1.82) is 0 Å². The van der Waals surface area contributed by atoms with Crippen molar-refractivity contribution in [3.63, 3.8) is 0 Å². The van der Waals surface area contributed by atoms with E-state index in [0.29, 0.717) is 6.07 Å². The molecule has 3 amide bonds. The normalized spacial score (nSPS) is 10.0. The van der Waals surface area contributed by atoms with Crippen LogP contribution in [0.15, 0.2) is 42.5 Å². The van der Waals surface area contributed by atoms with Gasteiger partial charge in [0.15, 0.2) is 17.5 Å². The highest BCUT2D eigenvalue weighted by Crippen LogP contribution is 2.19. The van der Waals surface area contributed by atoms with E-state index in [1.165, 1.54) is 12.1 Å². The van der Waals surface area contributed by atoms with Crippen molar-refractivity contribution in [2.75, 3.05) is 5.32 Å². The molecule has 0 bridgehead atoms. The molecular formula is C14H9F3N2O2. The van der Waals surface area contributed by atoms with Crippen LogP contribution < -0.4 is 10.6 Å². The zero-order chi connectivity index (χ0) is 15.4. The topological polar surface area (TPSA) is 58.2 Å². The zero-order valence-corrected chi connectivity index (χ0v) is 10.5. The summed E-state index contributed by atoms with van der Waals surface area (Å²) in [7, 11) is 0. The molecule has 0 aliphatic carbocycles. The quantitative estimate of drug-likeness (QED) is 0.836. The number of halogens is 3. The molecule has 0 fully saturated rings. The van der Waals surface area contributed by atoms with Crippen molar-refractivity contribution < 1.29 is 22.8 Å². The molecule has 0 saturated heterocycles. The number of carbonyl (C=O) groups excluding carboxylic acids is 2. The summed E-state index contributed by atoms with van der Waals surface area (Å²) in [5.74, 6) is -5.34. The van der Waals surface area contributed by atoms with Crippen LogP contribution in [0.2, 0.25) is 0 Å². The fourth-order valence-electron chi connectivity index (χ4n) is 1.54. The first kappa shape index (κ1) is 14.6. The van der Waals surface area contributed by atoms with E-state index in [0.717, 1.165) is 6.07 Å². The largest absolute Gasteiger partial charge is 0.326 e. The molecule has 21 heavy (non-hydrogen) atoms. The minimum absolute atomic E-state index is 0.221. The van der Waals surface area contributed by atoms with Gasteiger partial charge in [-0.2, -0.15) is 0 Å². The van der Waals surface area contributed by atoms with Crippen molar-refractivity contribution in [3.8, 4) is 0 Å². The lowest BCUT2D eigenvalue weighted by Gasteiger charge is -2.08. The van der Waals surface area contributed by atoms with Crippen molar-refractivity contribution in [1.82, 2.24) is 5.32 Å². The van der Waals surface area contributed by atoms with E-state index in [1.807, 2.05) is 10.6 Å². The van der Waals surface area contributed by atoms with Crippen LogP contribution >= 0.6 is 0 Å². The number of nitrogens with one attached hydrogen (secondary N) is 2. The average molecular weight is 294 g/mol. The summed E-state index contributed by atoms with van der Waals surface area (Å²) in [5, 5.41) is 3.86. The van der Waals surface area contributed by atoms with Gasteiger partial charge in [-0.05, 0) is 24.3 Å². The van der Waals surface area contributed by atoms with Crippen LogP contribution in [0, 0.1) is 17.5 Å². The number of imide groups is 1. The number of amides is 3. The molecule has 2 aromatic carbocycles. The average Bonchev–Trinajstić information content (AvgIpc) is 2.49. The van der Waals surface area contributed by atoms with E-state index in [9.17, 15) is 22.8 Å². The third-order valence-corrected chi connectivity index (χ3v) is 2.55. The lowest BCUT2D eigenvalue weighted by Crippen LogP contribution is -2.34. The molecule has 0 heterocycles. The van der Waals surface area contributed by atoms with Crippen LogP contribution in [-0.2, 0) is 0 Å². The highest BCUT2D eigenvalue weighted by Gasteiger charge is 2.16. The number of anilines is 1. The van der Waals surface area contributed by atoms with Crippen molar-refractivity contribution >= 4 is 17.6 Å². The predicted molar refractivity (Wildman–Crippen MR) is 69.2 cm³/mol. The summed E-state index contributed by atoms with van der Waals surface area (Å²) in [4.78, 5) is 23.2. The molecule has 0 aliphatic heterocycles. The van der Waals surface area contributed by atoms with Crippen LogP contribution in [0.4, 0.5) is 23.7 Å². The molecule has 0 unspecified atom stereocenters. The molecule has 4 nitrogen and oxygen atoms in total. The molecule has 0 atom stereocenters. The Hall–Kier alpha value is -2.83. The van der Waals surface area contributed by atoms with Crippen LogP contribution in [0.3, 0.4) is 0 Å². The molecule has 0 saturated carbocycles. The van der Waals surface area contributed by atoms with Gasteiger partial charge in [-0.1, -0.05) is 18.2 Å². The third kappa shape index (κ3) is 3.38. The lowest BCUT2D eigenvalue weighted by molar-refractivity contribution is 0.0967. The fraction of sp³-hybridized carbons (Fsp3) is 0. The van der Waals surface area contributed by atoms with Crippen molar-refractivity contribution in [3.05, 3.63) is 65.5 Å². The van der Waals surface area contributed by atoms with Gasteiger partial charge in [0.05, 0.1) is 5.69 Å². The van der Waals surface area contributed by atoms with E-state index in [2.05, 4.69) is 0 Å². The van der Waals surface area contributed by atoms with E-state index in [4.69, 9.17) is 0 Å². The number of carbonyl (C=O) groups is 2. The second-order valence-corrected chi connectivity index (χ2v) is 4.00. The Kier molecular flexibility index (Phi) is 4.22. The molecule has 2 rings (SSSR count). The summed E-state index contributed by atoms with van der Waals surface area (Å²) < 4.78 is 39.1. The summed E-state index contributed by atoms with van der Waals surface area (Å²) in [6.45, 7) is 0. The Labute approximate surface area is 117 Å². The second-order valence-electron chi connectivity index (χ2n) is 4.00. The van der Waals surface area contributed by atoms with Gasteiger partial charge in [-0.3, -0.25) is 10.1 Å². The SMILES string of the molecule is O=C(NC(=O)c1ccccc1)Nc1ccc(F)c(F)c1F. The van der Waals surface area contributed by atoms with Crippen LogP contribution in [0.5, 0.6) is 0 Å². The molecular weight excluding hydrogens is 285 g/mol. The molecule has 7 heteroatoms. The molecule has 2 N–H and O–H groups in total. The summed E-state index contributed by atoms with van der Waals surface area (Å²) in [5.41, 5.74) is -0.356. The highest BCUT2D eigenvalue weighted by atomic mass is 19.2. The summed E-state index contributed by atoms with van der Waals surface area (Å²) in [6.07, 6.45) is 0. The number of urea groups is 1. The molecule has 0 aromatic heterocycles. The van der Waals surface area contributed by atoms with Crippen LogP contribution in [0.25, 0.3) is 0 Å². The third-order valence-electron chi connectivity index (χ3n) is 2.55. The maximum atomic E-state index is 13.3. The fourth-order valence-corrected chi connectivity index (χ4v) is 1.54. The van der Waals surface area contributed by atoms with Gasteiger partial charge >= 0.3 is 6.03 Å².